The number of carbonyl (C=O) groups excluding carboxylic acids is 1. The van der Waals surface area contributed by atoms with Gasteiger partial charge in [0, 0.05) is 5.92 Å². The summed E-state index contributed by atoms with van der Waals surface area (Å²) in [4.78, 5) is 11.8. The summed E-state index contributed by atoms with van der Waals surface area (Å²) in [5.74, 6) is 1.32. The summed E-state index contributed by atoms with van der Waals surface area (Å²) in [6, 6.07) is 0. The first-order valence-corrected chi connectivity index (χ1v) is 6.13. The van der Waals surface area contributed by atoms with E-state index in [1.807, 2.05) is 0 Å². The van der Waals surface area contributed by atoms with E-state index in [-0.39, 0.29) is 11.9 Å². The number of hydrogen-bond donors (Lipinski definition) is 0. The average Bonchev–Trinajstić information content (AvgIpc) is 2.84. The molecule has 15 heavy (non-hydrogen) atoms. The predicted octanol–water partition coefficient (Wildman–Crippen LogP) is 1.75. The highest BCUT2D eigenvalue weighted by atomic mass is 16.6. The molecular formula is C12H18O3. The summed E-state index contributed by atoms with van der Waals surface area (Å²) >= 11 is 0. The molecule has 3 aliphatic rings. The summed E-state index contributed by atoms with van der Waals surface area (Å²) in [6.07, 6.45) is 5.19. The molecule has 0 unspecified atom stereocenters. The van der Waals surface area contributed by atoms with Gasteiger partial charge in [0.1, 0.15) is 0 Å². The second-order valence-electron chi connectivity index (χ2n) is 5.09. The monoisotopic (exact) mass is 210 g/mol. The van der Waals surface area contributed by atoms with Crippen LogP contribution in [0.25, 0.3) is 0 Å². The van der Waals surface area contributed by atoms with E-state index < -0.39 is 0 Å². The number of carbonyl (C=O) groups is 1. The molecule has 3 rings (SSSR count). The maximum Gasteiger partial charge on any atom is 0.309 e. The van der Waals surface area contributed by atoms with Crippen molar-refractivity contribution in [2.45, 2.75) is 44.8 Å². The third-order valence-electron chi connectivity index (χ3n) is 4.14. The minimum atomic E-state index is 0.0323. The molecule has 2 bridgehead atoms. The fraction of sp³-hybridized carbons (Fsp3) is 0.917. The molecule has 1 heterocycles. The van der Waals surface area contributed by atoms with Crippen LogP contribution in [0.15, 0.2) is 0 Å². The zero-order valence-electron chi connectivity index (χ0n) is 9.15. The molecule has 84 valence electrons. The van der Waals surface area contributed by atoms with Crippen molar-refractivity contribution >= 4 is 5.97 Å². The molecule has 0 aromatic heterocycles. The van der Waals surface area contributed by atoms with E-state index in [1.165, 1.54) is 6.42 Å². The first-order chi connectivity index (χ1) is 7.31. The van der Waals surface area contributed by atoms with Crippen LogP contribution in [0.3, 0.4) is 0 Å². The topological polar surface area (TPSA) is 38.8 Å². The number of fused-ring (bicyclic) bond motifs is 5. The van der Waals surface area contributed by atoms with Crippen molar-refractivity contribution in [1.82, 2.24) is 0 Å². The maximum absolute atomic E-state index is 11.8. The van der Waals surface area contributed by atoms with Gasteiger partial charge in [0.05, 0.1) is 24.7 Å². The van der Waals surface area contributed by atoms with Crippen LogP contribution in [0.4, 0.5) is 0 Å². The Balaban J connectivity index is 1.53. The van der Waals surface area contributed by atoms with Crippen LogP contribution in [-0.2, 0) is 14.3 Å². The van der Waals surface area contributed by atoms with Gasteiger partial charge in [-0.05, 0) is 25.2 Å². The van der Waals surface area contributed by atoms with Crippen LogP contribution in [0.5, 0.6) is 0 Å². The molecule has 1 saturated heterocycles. The quantitative estimate of drug-likeness (QED) is 0.403. The third kappa shape index (κ3) is 1.48. The van der Waals surface area contributed by atoms with E-state index in [0.717, 1.165) is 19.3 Å². The lowest BCUT2D eigenvalue weighted by Gasteiger charge is -2.17. The van der Waals surface area contributed by atoms with E-state index in [4.69, 9.17) is 9.47 Å². The Morgan fingerprint density at radius 1 is 1.40 bits per heavy atom. The number of rotatable bonds is 4. The molecule has 0 aromatic rings. The summed E-state index contributed by atoms with van der Waals surface area (Å²) in [5, 5.41) is 0. The Morgan fingerprint density at radius 3 is 2.93 bits per heavy atom. The number of epoxide rings is 1. The fourth-order valence-electron chi connectivity index (χ4n) is 3.30. The molecule has 2 aliphatic carbocycles. The minimum absolute atomic E-state index is 0.0323. The van der Waals surface area contributed by atoms with Gasteiger partial charge in [-0.15, -0.1) is 0 Å². The normalized spacial score (nSPS) is 45.3. The zero-order valence-corrected chi connectivity index (χ0v) is 9.15. The molecule has 3 fully saturated rings. The molecule has 0 N–H and O–H groups in total. The van der Waals surface area contributed by atoms with Crippen LogP contribution in [-0.4, -0.2) is 24.8 Å². The Bertz CT molecular complexity index is 276. The van der Waals surface area contributed by atoms with Crippen molar-refractivity contribution < 1.29 is 14.3 Å². The number of unbranched alkanes of at least 4 members (excludes halogenated alkanes) is 1. The third-order valence-corrected chi connectivity index (χ3v) is 4.14. The first-order valence-electron chi connectivity index (χ1n) is 6.13. The summed E-state index contributed by atoms with van der Waals surface area (Å²) in [7, 11) is 0. The van der Waals surface area contributed by atoms with Crippen LogP contribution in [0.2, 0.25) is 0 Å². The summed E-state index contributed by atoms with van der Waals surface area (Å²) < 4.78 is 10.8. The van der Waals surface area contributed by atoms with Gasteiger partial charge in [-0.1, -0.05) is 13.3 Å². The van der Waals surface area contributed by atoms with Gasteiger partial charge in [-0.25, -0.2) is 0 Å². The Kier molecular flexibility index (Phi) is 2.23. The van der Waals surface area contributed by atoms with Crippen molar-refractivity contribution in [3.05, 3.63) is 0 Å². The molecule has 3 nitrogen and oxygen atoms in total. The average molecular weight is 210 g/mol. The molecule has 0 aromatic carbocycles. The Labute approximate surface area is 90.1 Å². The van der Waals surface area contributed by atoms with Gasteiger partial charge >= 0.3 is 5.97 Å². The van der Waals surface area contributed by atoms with E-state index in [2.05, 4.69) is 6.92 Å². The molecule has 3 heteroatoms. The Morgan fingerprint density at radius 2 is 2.27 bits per heavy atom. The number of hydrogen-bond acceptors (Lipinski definition) is 3. The molecule has 0 radical (unpaired) electrons. The van der Waals surface area contributed by atoms with Crippen molar-refractivity contribution in [3.63, 3.8) is 0 Å². The largest absolute Gasteiger partial charge is 0.465 e. The van der Waals surface area contributed by atoms with E-state index in [1.54, 1.807) is 0 Å². The first kappa shape index (κ1) is 9.64. The van der Waals surface area contributed by atoms with Gasteiger partial charge in [0.15, 0.2) is 0 Å². The van der Waals surface area contributed by atoms with E-state index in [9.17, 15) is 4.79 Å². The highest BCUT2D eigenvalue weighted by molar-refractivity contribution is 5.74. The van der Waals surface area contributed by atoms with Gasteiger partial charge in [-0.2, -0.15) is 0 Å². The zero-order chi connectivity index (χ0) is 10.4. The van der Waals surface area contributed by atoms with Crippen LogP contribution < -0.4 is 0 Å². The summed E-state index contributed by atoms with van der Waals surface area (Å²) in [6.45, 7) is 2.70. The smallest absolute Gasteiger partial charge is 0.309 e. The Hall–Kier alpha value is -0.570. The highest BCUT2D eigenvalue weighted by Gasteiger charge is 2.64. The molecule has 1 aliphatic heterocycles. The fourth-order valence-corrected chi connectivity index (χ4v) is 3.30. The second kappa shape index (κ2) is 3.48. The second-order valence-corrected chi connectivity index (χ2v) is 5.09. The SMILES string of the molecule is CCCCOC(=O)[C@@H]1C[C@H]2C[C@H]1[C@@H]1O[C@H]21. The lowest BCUT2D eigenvalue weighted by atomic mass is 9.89. The van der Waals surface area contributed by atoms with Gasteiger partial charge in [-0.3, -0.25) is 4.79 Å². The molecular weight excluding hydrogens is 192 g/mol. The van der Waals surface area contributed by atoms with Crippen LogP contribution in [0.1, 0.15) is 32.6 Å². The number of ether oxygens (including phenoxy) is 2. The van der Waals surface area contributed by atoms with Gasteiger partial charge in [0.25, 0.3) is 0 Å². The molecule has 0 spiro atoms. The minimum Gasteiger partial charge on any atom is -0.465 e. The van der Waals surface area contributed by atoms with Crippen molar-refractivity contribution in [2.24, 2.45) is 17.8 Å². The number of esters is 1. The molecule has 5 atom stereocenters. The highest BCUT2D eigenvalue weighted by Crippen LogP contribution is 2.58. The van der Waals surface area contributed by atoms with Gasteiger partial charge in [0.2, 0.25) is 0 Å². The summed E-state index contributed by atoms with van der Waals surface area (Å²) in [5.41, 5.74) is 0. The maximum atomic E-state index is 11.8. The molecule has 0 amide bonds. The van der Waals surface area contributed by atoms with E-state index >= 15 is 0 Å². The lowest BCUT2D eigenvalue weighted by Crippen LogP contribution is -2.27. The van der Waals surface area contributed by atoms with Crippen molar-refractivity contribution in [1.29, 1.82) is 0 Å². The predicted molar refractivity (Wildman–Crippen MR) is 54.2 cm³/mol. The van der Waals surface area contributed by atoms with Crippen molar-refractivity contribution in [2.75, 3.05) is 6.61 Å². The lowest BCUT2D eigenvalue weighted by molar-refractivity contribution is -0.150. The van der Waals surface area contributed by atoms with E-state index in [0.29, 0.717) is 30.7 Å². The van der Waals surface area contributed by atoms with Crippen LogP contribution >= 0.6 is 0 Å². The van der Waals surface area contributed by atoms with Crippen molar-refractivity contribution in [3.8, 4) is 0 Å². The van der Waals surface area contributed by atoms with Crippen LogP contribution in [0, 0.1) is 17.8 Å². The molecule has 2 saturated carbocycles. The standard InChI is InChI=1S/C12H18O3/c1-2-3-4-14-12(13)9-6-7-5-8(9)11-10(7)15-11/h7-11H,2-6H2,1H3/t7-,8-,9-,10-,11+/m1/s1. The van der Waals surface area contributed by atoms with Gasteiger partial charge < -0.3 is 9.47 Å².